The second kappa shape index (κ2) is 6.32. The minimum Gasteiger partial charge on any atom is -0.493 e. The summed E-state index contributed by atoms with van der Waals surface area (Å²) in [4.78, 5) is 4.03. The van der Waals surface area contributed by atoms with Gasteiger partial charge >= 0.3 is 6.18 Å². The molecule has 17 heavy (non-hydrogen) atoms. The second-order valence-electron chi connectivity index (χ2n) is 3.47. The number of ether oxygens (including phenoxy) is 1. The van der Waals surface area contributed by atoms with E-state index < -0.39 is 12.6 Å². The zero-order valence-electron chi connectivity index (χ0n) is 9.55. The highest BCUT2D eigenvalue weighted by Crippen LogP contribution is 2.21. The number of pyridine rings is 1. The molecule has 0 aliphatic rings. The highest BCUT2D eigenvalue weighted by atomic mass is 19.4. The van der Waals surface area contributed by atoms with Crippen LogP contribution in [-0.4, -0.2) is 24.3 Å². The van der Waals surface area contributed by atoms with E-state index in [1.165, 1.54) is 0 Å². The van der Waals surface area contributed by atoms with Gasteiger partial charge in [0.25, 0.3) is 0 Å². The molecule has 1 aromatic rings. The van der Waals surface area contributed by atoms with Gasteiger partial charge in [-0.2, -0.15) is 13.2 Å². The Hall–Kier alpha value is -1.46. The van der Waals surface area contributed by atoms with Crippen LogP contribution in [0.15, 0.2) is 18.3 Å². The van der Waals surface area contributed by atoms with Crippen molar-refractivity contribution >= 4 is 5.82 Å². The van der Waals surface area contributed by atoms with Gasteiger partial charge < -0.3 is 10.1 Å². The third-order valence-corrected chi connectivity index (χ3v) is 1.96. The normalized spacial score (nSPS) is 11.3. The molecule has 1 rings (SSSR count). The maximum Gasteiger partial charge on any atom is 0.389 e. The highest BCUT2D eigenvalue weighted by molar-refractivity contribution is 5.40. The van der Waals surface area contributed by atoms with Crippen molar-refractivity contribution in [3.63, 3.8) is 0 Å². The van der Waals surface area contributed by atoms with E-state index >= 15 is 0 Å². The van der Waals surface area contributed by atoms with E-state index in [1.54, 1.807) is 18.3 Å². The van der Waals surface area contributed by atoms with Gasteiger partial charge in [0.15, 0.2) is 0 Å². The number of aromatic nitrogens is 1. The Bertz CT molecular complexity index is 342. The third kappa shape index (κ3) is 5.99. The molecule has 96 valence electrons. The summed E-state index contributed by atoms with van der Waals surface area (Å²) in [5, 5.41) is 2.99. The number of anilines is 1. The fourth-order valence-electron chi connectivity index (χ4n) is 1.24. The first kappa shape index (κ1) is 13.6. The maximum atomic E-state index is 11.9. The van der Waals surface area contributed by atoms with Crippen LogP contribution in [0.2, 0.25) is 0 Å². The predicted octanol–water partition coefficient (Wildman–Crippen LogP) is 3.23. The van der Waals surface area contributed by atoms with Crippen LogP contribution >= 0.6 is 0 Å². The average molecular weight is 248 g/mol. The lowest BCUT2D eigenvalue weighted by atomic mass is 10.3. The van der Waals surface area contributed by atoms with Crippen LogP contribution in [0.4, 0.5) is 19.0 Å². The van der Waals surface area contributed by atoms with Crippen LogP contribution in [0.3, 0.4) is 0 Å². The molecule has 0 fully saturated rings. The molecule has 6 heteroatoms. The summed E-state index contributed by atoms with van der Waals surface area (Å²) in [5.74, 6) is 1.18. The van der Waals surface area contributed by atoms with Crippen molar-refractivity contribution in [1.29, 1.82) is 0 Å². The molecular weight excluding hydrogens is 233 g/mol. The Labute approximate surface area is 98.0 Å². The van der Waals surface area contributed by atoms with E-state index in [9.17, 15) is 13.2 Å². The first-order chi connectivity index (χ1) is 8.01. The Balaban J connectivity index is 2.34. The molecule has 3 nitrogen and oxygen atoms in total. The molecule has 1 aromatic heterocycles. The predicted molar refractivity (Wildman–Crippen MR) is 59.2 cm³/mol. The van der Waals surface area contributed by atoms with Crippen LogP contribution in [0, 0.1) is 0 Å². The Morgan fingerprint density at radius 2 is 2.18 bits per heavy atom. The van der Waals surface area contributed by atoms with Crippen molar-refractivity contribution in [3.8, 4) is 5.75 Å². The van der Waals surface area contributed by atoms with E-state index in [1.807, 2.05) is 6.92 Å². The summed E-state index contributed by atoms with van der Waals surface area (Å²) in [7, 11) is 0. The Morgan fingerprint density at radius 1 is 1.41 bits per heavy atom. The lowest BCUT2D eigenvalue weighted by Gasteiger charge is -2.09. The number of alkyl halides is 3. The van der Waals surface area contributed by atoms with Gasteiger partial charge in [-0.05, 0) is 19.4 Å². The molecule has 1 heterocycles. The topological polar surface area (TPSA) is 34.1 Å². The van der Waals surface area contributed by atoms with E-state index in [2.05, 4.69) is 10.3 Å². The summed E-state index contributed by atoms with van der Waals surface area (Å²) in [6.45, 7) is 2.71. The van der Waals surface area contributed by atoms with Crippen molar-refractivity contribution in [2.45, 2.75) is 25.9 Å². The number of hydrogen-bond donors (Lipinski definition) is 1. The van der Waals surface area contributed by atoms with Crippen LogP contribution in [0.25, 0.3) is 0 Å². The summed E-state index contributed by atoms with van der Waals surface area (Å²) >= 11 is 0. The quantitative estimate of drug-likeness (QED) is 0.785. The molecule has 0 atom stereocenters. The molecule has 1 N–H and O–H groups in total. The fraction of sp³-hybridized carbons (Fsp3) is 0.545. The van der Waals surface area contributed by atoms with Crippen LogP contribution in [0.1, 0.15) is 19.8 Å². The van der Waals surface area contributed by atoms with Gasteiger partial charge in [0, 0.05) is 25.2 Å². The molecule has 0 aromatic carbocycles. The standard InChI is InChI=1S/C11H15F3N2O/c1-2-15-10-8-9(4-6-16-10)17-7-3-5-11(12,13)14/h4,6,8H,2-3,5,7H2,1H3,(H,15,16). The molecule has 0 saturated carbocycles. The first-order valence-electron chi connectivity index (χ1n) is 5.41. The summed E-state index contributed by atoms with van der Waals surface area (Å²) in [6, 6.07) is 3.28. The summed E-state index contributed by atoms with van der Waals surface area (Å²) in [6.07, 6.45) is -3.42. The van der Waals surface area contributed by atoms with Gasteiger partial charge in [0.2, 0.25) is 0 Å². The SMILES string of the molecule is CCNc1cc(OCCCC(F)(F)F)ccn1. The molecule has 0 radical (unpaired) electrons. The van der Waals surface area contributed by atoms with E-state index in [0.29, 0.717) is 11.6 Å². The first-order valence-corrected chi connectivity index (χ1v) is 5.41. The highest BCUT2D eigenvalue weighted by Gasteiger charge is 2.26. The van der Waals surface area contributed by atoms with E-state index in [0.717, 1.165) is 6.54 Å². The lowest BCUT2D eigenvalue weighted by Crippen LogP contribution is -2.09. The van der Waals surface area contributed by atoms with Crippen LogP contribution < -0.4 is 10.1 Å². The molecule has 0 unspecified atom stereocenters. The van der Waals surface area contributed by atoms with E-state index in [4.69, 9.17) is 4.74 Å². The molecule has 0 spiro atoms. The maximum absolute atomic E-state index is 11.9. The molecule has 0 bridgehead atoms. The molecule has 0 amide bonds. The Morgan fingerprint density at radius 3 is 2.82 bits per heavy atom. The third-order valence-electron chi connectivity index (χ3n) is 1.96. The largest absolute Gasteiger partial charge is 0.493 e. The number of nitrogens with zero attached hydrogens (tertiary/aromatic N) is 1. The van der Waals surface area contributed by atoms with Crippen molar-refractivity contribution in [2.75, 3.05) is 18.5 Å². The fourth-order valence-corrected chi connectivity index (χ4v) is 1.24. The number of nitrogens with one attached hydrogen (secondary N) is 1. The van der Waals surface area contributed by atoms with Gasteiger partial charge in [0.1, 0.15) is 11.6 Å². The van der Waals surface area contributed by atoms with Gasteiger partial charge in [-0.25, -0.2) is 4.98 Å². The van der Waals surface area contributed by atoms with Crippen LogP contribution in [0.5, 0.6) is 5.75 Å². The van der Waals surface area contributed by atoms with Gasteiger partial charge in [-0.3, -0.25) is 0 Å². The molecule has 0 saturated heterocycles. The average Bonchev–Trinajstić information content (AvgIpc) is 2.24. The molecule has 0 aliphatic carbocycles. The zero-order chi connectivity index (χ0) is 12.7. The smallest absolute Gasteiger partial charge is 0.389 e. The van der Waals surface area contributed by atoms with Crippen molar-refractivity contribution in [2.24, 2.45) is 0 Å². The zero-order valence-corrected chi connectivity index (χ0v) is 9.55. The summed E-state index contributed by atoms with van der Waals surface area (Å²) in [5.41, 5.74) is 0. The van der Waals surface area contributed by atoms with Gasteiger partial charge in [-0.1, -0.05) is 0 Å². The van der Waals surface area contributed by atoms with E-state index in [-0.39, 0.29) is 13.0 Å². The number of rotatable bonds is 6. The van der Waals surface area contributed by atoms with Gasteiger partial charge in [0.05, 0.1) is 6.61 Å². The summed E-state index contributed by atoms with van der Waals surface area (Å²) < 4.78 is 40.8. The molecule has 0 aliphatic heterocycles. The lowest BCUT2D eigenvalue weighted by molar-refractivity contribution is -0.136. The molecular formula is C11H15F3N2O. The number of halogens is 3. The minimum atomic E-state index is -4.11. The van der Waals surface area contributed by atoms with Crippen LogP contribution in [-0.2, 0) is 0 Å². The minimum absolute atomic E-state index is 0.0393. The Kier molecular flexibility index (Phi) is 5.06. The van der Waals surface area contributed by atoms with Crippen molar-refractivity contribution < 1.29 is 17.9 Å². The van der Waals surface area contributed by atoms with Gasteiger partial charge in [-0.15, -0.1) is 0 Å². The monoisotopic (exact) mass is 248 g/mol. The second-order valence-corrected chi connectivity index (χ2v) is 3.47. The number of hydrogen-bond acceptors (Lipinski definition) is 3. The van der Waals surface area contributed by atoms with Crippen molar-refractivity contribution in [1.82, 2.24) is 4.98 Å². The van der Waals surface area contributed by atoms with Crippen molar-refractivity contribution in [3.05, 3.63) is 18.3 Å².